The first-order chi connectivity index (χ1) is 18.3. The molecule has 2 heterocycles. The summed E-state index contributed by atoms with van der Waals surface area (Å²) in [5.41, 5.74) is 3.15. The van der Waals surface area contributed by atoms with Crippen molar-refractivity contribution in [3.63, 3.8) is 0 Å². The molecule has 1 aliphatic rings. The number of aryl methyl sites for hydroxylation is 1. The Morgan fingerprint density at radius 1 is 1.13 bits per heavy atom. The summed E-state index contributed by atoms with van der Waals surface area (Å²) in [6.07, 6.45) is 0.371. The third kappa shape index (κ3) is 4.93. The fourth-order valence-corrected chi connectivity index (χ4v) is 5.30. The van der Waals surface area contributed by atoms with Crippen LogP contribution < -0.4 is 10.2 Å². The molecule has 196 valence electrons. The van der Waals surface area contributed by atoms with Crippen molar-refractivity contribution in [1.82, 2.24) is 4.90 Å². The zero-order valence-corrected chi connectivity index (χ0v) is 22.7. The Labute approximate surface area is 226 Å². The molecule has 5 nitrogen and oxygen atoms in total. The lowest BCUT2D eigenvalue weighted by molar-refractivity contribution is 0.232. The number of nitrogens with zero attached hydrogens (tertiary/aromatic N) is 2. The average molecular weight is 533 g/mol. The van der Waals surface area contributed by atoms with Gasteiger partial charge >= 0.3 is 0 Å². The van der Waals surface area contributed by atoms with Crippen LogP contribution in [0, 0.1) is 18.7 Å². The molecular weight excluding hydrogens is 503 g/mol. The van der Waals surface area contributed by atoms with Crippen LogP contribution in [0.15, 0.2) is 74.9 Å². The van der Waals surface area contributed by atoms with E-state index in [1.807, 2.05) is 30.3 Å². The second-order valence-electron chi connectivity index (χ2n) is 9.99. The number of benzene rings is 3. The standard InChI is InChI=1S/C31H30ClFN2O3/c1-18(2)28(35-13-12-34-31(35)21-9-8-19(3)26(33)16-21)30-25(15-20-6-5-7-23(14-20)37-4)29(36)24-11-10-22(32)17-27(24)38-30/h5-11,14,16-18,28H,12-13,15H2,1-4H3. The van der Waals surface area contributed by atoms with Gasteiger partial charge in [-0.2, -0.15) is 0 Å². The molecule has 0 saturated heterocycles. The van der Waals surface area contributed by atoms with E-state index in [0.717, 1.165) is 11.3 Å². The molecule has 0 amide bonds. The molecule has 0 bridgehead atoms. The second kappa shape index (κ2) is 10.6. The van der Waals surface area contributed by atoms with Crippen LogP contribution in [0.2, 0.25) is 5.02 Å². The molecule has 4 aromatic rings. The number of amidine groups is 1. The maximum Gasteiger partial charge on any atom is 0.196 e. The minimum Gasteiger partial charge on any atom is -0.497 e. The number of hydrogen-bond donors (Lipinski definition) is 0. The van der Waals surface area contributed by atoms with Gasteiger partial charge in [0.05, 0.1) is 25.1 Å². The van der Waals surface area contributed by atoms with Gasteiger partial charge in [0, 0.05) is 35.2 Å². The minimum absolute atomic E-state index is 0.0532. The summed E-state index contributed by atoms with van der Waals surface area (Å²) in [6, 6.07) is 17.7. The Kier molecular flexibility index (Phi) is 7.26. The molecule has 0 saturated carbocycles. The Morgan fingerprint density at radius 3 is 2.68 bits per heavy atom. The largest absolute Gasteiger partial charge is 0.497 e. The van der Waals surface area contributed by atoms with Crippen molar-refractivity contribution >= 4 is 28.4 Å². The van der Waals surface area contributed by atoms with Gasteiger partial charge < -0.3 is 14.1 Å². The molecule has 5 rings (SSSR count). The molecule has 0 aliphatic carbocycles. The lowest BCUT2D eigenvalue weighted by Gasteiger charge is -2.34. The van der Waals surface area contributed by atoms with Crippen LogP contribution in [0.25, 0.3) is 11.0 Å². The summed E-state index contributed by atoms with van der Waals surface area (Å²) < 4.78 is 26.5. The Hall–Kier alpha value is -3.64. The smallest absolute Gasteiger partial charge is 0.196 e. The molecule has 38 heavy (non-hydrogen) atoms. The second-order valence-corrected chi connectivity index (χ2v) is 10.4. The molecule has 1 aliphatic heterocycles. The van der Waals surface area contributed by atoms with Crippen LogP contribution in [0.5, 0.6) is 5.75 Å². The SMILES string of the molecule is COc1cccc(Cc2c(C(C(C)C)N3CCN=C3c3ccc(C)c(F)c3)oc3cc(Cl)ccc3c2=O)c1. The number of halogens is 2. The van der Waals surface area contributed by atoms with Gasteiger partial charge in [-0.15, -0.1) is 0 Å². The van der Waals surface area contributed by atoms with Crippen LogP contribution in [-0.4, -0.2) is 30.9 Å². The predicted octanol–water partition coefficient (Wildman–Crippen LogP) is 6.95. The zero-order chi connectivity index (χ0) is 27.0. The average Bonchev–Trinajstić information content (AvgIpc) is 3.37. The lowest BCUT2D eigenvalue weighted by Crippen LogP contribution is -2.37. The summed E-state index contributed by atoms with van der Waals surface area (Å²) in [5, 5.41) is 0.973. The van der Waals surface area contributed by atoms with E-state index in [4.69, 9.17) is 25.7 Å². The predicted molar refractivity (Wildman–Crippen MR) is 150 cm³/mol. The maximum atomic E-state index is 14.5. The topological polar surface area (TPSA) is 55.0 Å². The van der Waals surface area contributed by atoms with Crippen LogP contribution in [0.3, 0.4) is 0 Å². The van der Waals surface area contributed by atoms with E-state index in [-0.39, 0.29) is 23.2 Å². The molecule has 0 radical (unpaired) electrons. The van der Waals surface area contributed by atoms with Gasteiger partial charge in [0.1, 0.15) is 28.7 Å². The number of fused-ring (bicyclic) bond motifs is 1. The molecule has 0 N–H and O–H groups in total. The number of hydrogen-bond acceptors (Lipinski definition) is 5. The molecule has 0 spiro atoms. The van der Waals surface area contributed by atoms with Crippen molar-refractivity contribution in [3.05, 3.63) is 110 Å². The van der Waals surface area contributed by atoms with Crippen molar-refractivity contribution in [2.24, 2.45) is 10.9 Å². The number of rotatable bonds is 7. The van der Waals surface area contributed by atoms with Gasteiger partial charge in [-0.25, -0.2) is 4.39 Å². The first-order valence-electron chi connectivity index (χ1n) is 12.7. The van der Waals surface area contributed by atoms with Crippen molar-refractivity contribution < 1.29 is 13.5 Å². The van der Waals surface area contributed by atoms with E-state index in [9.17, 15) is 9.18 Å². The quantitative estimate of drug-likeness (QED) is 0.258. The number of ether oxygens (including phenoxy) is 1. The van der Waals surface area contributed by atoms with E-state index in [2.05, 4.69) is 18.7 Å². The fourth-order valence-electron chi connectivity index (χ4n) is 5.14. The molecular formula is C31H30ClFN2O3. The molecule has 7 heteroatoms. The first kappa shape index (κ1) is 26.0. The lowest BCUT2D eigenvalue weighted by atomic mass is 9.92. The summed E-state index contributed by atoms with van der Waals surface area (Å²) in [7, 11) is 1.62. The van der Waals surface area contributed by atoms with Crippen molar-refractivity contribution in [3.8, 4) is 5.75 Å². The van der Waals surface area contributed by atoms with E-state index in [1.165, 1.54) is 6.07 Å². The van der Waals surface area contributed by atoms with E-state index in [1.54, 1.807) is 38.3 Å². The third-order valence-corrected chi connectivity index (χ3v) is 7.27. The van der Waals surface area contributed by atoms with Crippen molar-refractivity contribution in [1.29, 1.82) is 0 Å². The maximum absolute atomic E-state index is 14.5. The van der Waals surface area contributed by atoms with Crippen LogP contribution >= 0.6 is 11.6 Å². The summed E-state index contributed by atoms with van der Waals surface area (Å²) >= 11 is 6.29. The normalized spacial score (nSPS) is 14.3. The highest BCUT2D eigenvalue weighted by molar-refractivity contribution is 6.31. The fraction of sp³-hybridized carbons (Fsp3) is 0.290. The molecule has 3 aromatic carbocycles. The summed E-state index contributed by atoms with van der Waals surface area (Å²) in [4.78, 5) is 20.8. The third-order valence-electron chi connectivity index (χ3n) is 7.04. The van der Waals surface area contributed by atoms with E-state index >= 15 is 0 Å². The van der Waals surface area contributed by atoms with Crippen molar-refractivity contribution in [2.45, 2.75) is 33.2 Å². The monoisotopic (exact) mass is 532 g/mol. The Morgan fingerprint density at radius 2 is 1.95 bits per heavy atom. The molecule has 1 atom stereocenters. The number of aliphatic imine (C=N–C) groups is 1. The van der Waals surface area contributed by atoms with E-state index < -0.39 is 0 Å². The highest BCUT2D eigenvalue weighted by atomic mass is 35.5. The zero-order valence-electron chi connectivity index (χ0n) is 21.9. The van der Waals surface area contributed by atoms with Gasteiger partial charge in [0.25, 0.3) is 0 Å². The molecule has 0 fully saturated rings. The number of methoxy groups -OCH3 is 1. The van der Waals surface area contributed by atoms with Crippen LogP contribution in [-0.2, 0) is 6.42 Å². The van der Waals surface area contributed by atoms with Gasteiger partial charge in [-0.1, -0.05) is 49.7 Å². The van der Waals surface area contributed by atoms with Gasteiger partial charge in [0.15, 0.2) is 5.43 Å². The summed E-state index contributed by atoms with van der Waals surface area (Å²) in [5.74, 6) is 1.77. The van der Waals surface area contributed by atoms with Crippen LogP contribution in [0.4, 0.5) is 4.39 Å². The van der Waals surface area contributed by atoms with Gasteiger partial charge in [0.2, 0.25) is 0 Å². The van der Waals surface area contributed by atoms with Gasteiger partial charge in [-0.3, -0.25) is 9.79 Å². The Bertz CT molecular complexity index is 1590. The van der Waals surface area contributed by atoms with E-state index in [0.29, 0.717) is 63.8 Å². The first-order valence-corrected chi connectivity index (χ1v) is 13.1. The Balaban J connectivity index is 1.68. The molecule has 1 aromatic heterocycles. The molecule has 1 unspecified atom stereocenters. The highest BCUT2D eigenvalue weighted by Crippen LogP contribution is 2.36. The minimum atomic E-state index is -0.308. The highest BCUT2D eigenvalue weighted by Gasteiger charge is 2.34. The van der Waals surface area contributed by atoms with Crippen LogP contribution in [0.1, 0.15) is 47.9 Å². The van der Waals surface area contributed by atoms with Crippen molar-refractivity contribution in [2.75, 3.05) is 20.2 Å². The summed E-state index contributed by atoms with van der Waals surface area (Å²) in [6.45, 7) is 7.12. The van der Waals surface area contributed by atoms with Gasteiger partial charge in [-0.05, 0) is 54.3 Å².